The second kappa shape index (κ2) is 8.31. The Hall–Kier alpha value is -2.41. The van der Waals surface area contributed by atoms with Gasteiger partial charge in [0, 0.05) is 4.90 Å². The lowest BCUT2D eigenvalue weighted by atomic mass is 10.3. The van der Waals surface area contributed by atoms with E-state index in [-0.39, 0.29) is 21.3 Å². The summed E-state index contributed by atoms with van der Waals surface area (Å²) in [5.74, 6) is 2.75. The van der Waals surface area contributed by atoms with Crippen molar-refractivity contribution >= 4 is 41.0 Å². The van der Waals surface area contributed by atoms with Crippen molar-refractivity contribution in [2.24, 2.45) is 5.73 Å². The number of amides is 2. The number of nitrogen functional groups attached to an aromatic ring is 1. The number of thioether (sulfide) groups is 2. The topological polar surface area (TPSA) is 129 Å². The number of nitrogens with one attached hydrogen (secondary N) is 1. The molecular formula is C13H13F3N6O2S2. The molecule has 0 spiro atoms. The summed E-state index contributed by atoms with van der Waals surface area (Å²) in [4.78, 5) is 23.5. The fraction of sp³-hybridized carbons (Fsp3) is 0.231. The molecule has 1 aromatic heterocycles. The monoisotopic (exact) mass is 406 g/mol. The van der Waals surface area contributed by atoms with Gasteiger partial charge in [-0.05, 0) is 12.1 Å². The van der Waals surface area contributed by atoms with Gasteiger partial charge in [0.1, 0.15) is 0 Å². The number of benzene rings is 1. The molecule has 0 unspecified atom stereocenters. The van der Waals surface area contributed by atoms with Crippen molar-refractivity contribution in [3.63, 3.8) is 0 Å². The summed E-state index contributed by atoms with van der Waals surface area (Å²) >= 11 is 1.86. The van der Waals surface area contributed by atoms with Gasteiger partial charge in [-0.25, -0.2) is 4.68 Å². The predicted octanol–water partition coefficient (Wildman–Crippen LogP) is 1.32. The summed E-state index contributed by atoms with van der Waals surface area (Å²) in [5.41, 5.74) is 5.55. The number of primary amides is 1. The van der Waals surface area contributed by atoms with Gasteiger partial charge in [-0.15, -0.1) is 22.0 Å². The normalized spacial score (nSPS) is 11.3. The van der Waals surface area contributed by atoms with E-state index in [4.69, 9.17) is 11.6 Å². The Morgan fingerprint density at radius 1 is 1.15 bits per heavy atom. The molecule has 13 heteroatoms. The maximum absolute atomic E-state index is 12.6. The highest BCUT2D eigenvalue weighted by molar-refractivity contribution is 8.00. The SMILES string of the molecule is NC(=O)CSc1ccccc1NC(=O)CSc1nnc(C(F)(F)F)n1N. The van der Waals surface area contributed by atoms with E-state index in [2.05, 4.69) is 15.5 Å². The number of nitrogens with zero attached hydrogens (tertiary/aromatic N) is 3. The van der Waals surface area contributed by atoms with E-state index < -0.39 is 23.8 Å². The average molecular weight is 406 g/mol. The second-order valence-electron chi connectivity index (χ2n) is 4.76. The Balaban J connectivity index is 1.98. The molecule has 0 bridgehead atoms. The highest BCUT2D eigenvalue weighted by Crippen LogP contribution is 2.29. The molecule has 26 heavy (non-hydrogen) atoms. The average Bonchev–Trinajstić information content (AvgIpc) is 2.93. The largest absolute Gasteiger partial charge is 0.453 e. The number of hydrogen-bond donors (Lipinski definition) is 3. The third kappa shape index (κ3) is 5.29. The molecule has 1 aromatic carbocycles. The molecule has 0 aliphatic rings. The van der Waals surface area contributed by atoms with Gasteiger partial charge in [0.2, 0.25) is 17.0 Å². The Morgan fingerprint density at radius 2 is 1.85 bits per heavy atom. The minimum Gasteiger partial charge on any atom is -0.369 e. The molecule has 0 aliphatic heterocycles. The molecule has 2 rings (SSSR count). The number of carbonyl (C=O) groups excluding carboxylic acids is 2. The van der Waals surface area contributed by atoms with E-state index in [1.54, 1.807) is 24.3 Å². The Morgan fingerprint density at radius 3 is 2.46 bits per heavy atom. The van der Waals surface area contributed by atoms with Crippen LogP contribution in [0.15, 0.2) is 34.3 Å². The molecule has 0 saturated heterocycles. The second-order valence-corrected chi connectivity index (χ2v) is 6.72. The molecule has 0 saturated carbocycles. The number of aromatic nitrogens is 3. The number of para-hydroxylation sites is 1. The molecule has 0 aliphatic carbocycles. The quantitative estimate of drug-likeness (QED) is 0.467. The molecule has 5 N–H and O–H groups in total. The fourth-order valence-electron chi connectivity index (χ4n) is 1.73. The van der Waals surface area contributed by atoms with Crippen LogP contribution < -0.4 is 16.9 Å². The van der Waals surface area contributed by atoms with Crippen LogP contribution in [0.1, 0.15) is 5.82 Å². The summed E-state index contributed by atoms with van der Waals surface area (Å²) in [5, 5.41) is 8.65. The van der Waals surface area contributed by atoms with Crippen molar-refractivity contribution in [2.45, 2.75) is 16.2 Å². The van der Waals surface area contributed by atoms with E-state index >= 15 is 0 Å². The number of halogens is 3. The summed E-state index contributed by atoms with van der Waals surface area (Å²) in [6, 6.07) is 6.73. The Bertz CT molecular complexity index is 811. The minimum absolute atomic E-state index is 0.0398. The molecule has 140 valence electrons. The summed E-state index contributed by atoms with van der Waals surface area (Å²) in [6.07, 6.45) is -4.74. The molecule has 2 aromatic rings. The highest BCUT2D eigenvalue weighted by Gasteiger charge is 2.38. The molecule has 8 nitrogen and oxygen atoms in total. The van der Waals surface area contributed by atoms with Crippen LogP contribution >= 0.6 is 23.5 Å². The standard InChI is InChI=1S/C13H13F3N6O2S2/c14-13(15,16)11-20-21-12(22(11)18)26-6-10(24)19-7-3-1-2-4-8(7)25-5-9(17)23/h1-4H,5-6,18H2,(H2,17,23)(H,19,24). The van der Waals surface area contributed by atoms with E-state index in [9.17, 15) is 22.8 Å². The van der Waals surface area contributed by atoms with Crippen molar-refractivity contribution in [1.82, 2.24) is 14.9 Å². The third-order valence-corrected chi connectivity index (χ3v) is 4.82. The van der Waals surface area contributed by atoms with Crippen molar-refractivity contribution in [3.05, 3.63) is 30.1 Å². The molecular weight excluding hydrogens is 393 g/mol. The number of anilines is 1. The van der Waals surface area contributed by atoms with Crippen LogP contribution in [0, 0.1) is 0 Å². The summed E-state index contributed by atoms with van der Waals surface area (Å²) in [7, 11) is 0. The lowest BCUT2D eigenvalue weighted by Crippen LogP contribution is -2.22. The maximum Gasteiger partial charge on any atom is 0.453 e. The van der Waals surface area contributed by atoms with E-state index in [1.807, 2.05) is 0 Å². The lowest BCUT2D eigenvalue weighted by Gasteiger charge is -2.10. The first-order valence-electron chi connectivity index (χ1n) is 6.89. The smallest absolute Gasteiger partial charge is 0.369 e. The van der Waals surface area contributed by atoms with Crippen LogP contribution in [0.5, 0.6) is 0 Å². The number of nitrogens with two attached hydrogens (primary N) is 2. The zero-order chi connectivity index (χ0) is 19.3. The van der Waals surface area contributed by atoms with Gasteiger partial charge < -0.3 is 16.9 Å². The summed E-state index contributed by atoms with van der Waals surface area (Å²) < 4.78 is 38.1. The van der Waals surface area contributed by atoms with Crippen LogP contribution in [0.25, 0.3) is 0 Å². The number of carbonyl (C=O) groups is 2. The lowest BCUT2D eigenvalue weighted by molar-refractivity contribution is -0.146. The zero-order valence-corrected chi connectivity index (χ0v) is 14.6. The van der Waals surface area contributed by atoms with Crippen LogP contribution in [-0.2, 0) is 15.8 Å². The predicted molar refractivity (Wildman–Crippen MR) is 90.9 cm³/mol. The van der Waals surface area contributed by atoms with Crippen LogP contribution in [0.2, 0.25) is 0 Å². The Kier molecular flexibility index (Phi) is 6.37. The van der Waals surface area contributed by atoms with Gasteiger partial charge in [-0.1, -0.05) is 23.9 Å². The molecule has 0 fully saturated rings. The van der Waals surface area contributed by atoms with Crippen LogP contribution in [0.4, 0.5) is 18.9 Å². The Labute approximate surface area is 153 Å². The van der Waals surface area contributed by atoms with Gasteiger partial charge in [-0.3, -0.25) is 9.59 Å². The zero-order valence-electron chi connectivity index (χ0n) is 13.0. The van der Waals surface area contributed by atoms with Gasteiger partial charge >= 0.3 is 6.18 Å². The molecule has 2 amide bonds. The van der Waals surface area contributed by atoms with E-state index in [1.165, 1.54) is 0 Å². The third-order valence-electron chi connectivity index (χ3n) is 2.78. The van der Waals surface area contributed by atoms with Gasteiger partial charge in [0.05, 0.1) is 17.2 Å². The molecule has 0 radical (unpaired) electrons. The van der Waals surface area contributed by atoms with Gasteiger partial charge in [0.25, 0.3) is 5.82 Å². The van der Waals surface area contributed by atoms with Gasteiger partial charge in [-0.2, -0.15) is 13.2 Å². The van der Waals surface area contributed by atoms with Crippen molar-refractivity contribution < 1.29 is 22.8 Å². The van der Waals surface area contributed by atoms with Crippen LogP contribution in [-0.4, -0.2) is 38.2 Å². The number of rotatable bonds is 7. The van der Waals surface area contributed by atoms with Crippen molar-refractivity contribution in [3.8, 4) is 0 Å². The highest BCUT2D eigenvalue weighted by atomic mass is 32.2. The molecule has 0 atom stereocenters. The van der Waals surface area contributed by atoms with E-state index in [0.717, 1.165) is 11.8 Å². The number of hydrogen-bond acceptors (Lipinski definition) is 7. The fourth-order valence-corrected chi connectivity index (χ4v) is 3.13. The first-order valence-corrected chi connectivity index (χ1v) is 8.86. The van der Waals surface area contributed by atoms with Crippen LogP contribution in [0.3, 0.4) is 0 Å². The summed E-state index contributed by atoms with van der Waals surface area (Å²) in [6.45, 7) is 0. The first-order chi connectivity index (χ1) is 12.2. The first kappa shape index (κ1) is 19.9. The number of alkyl halides is 3. The van der Waals surface area contributed by atoms with Crippen molar-refractivity contribution in [2.75, 3.05) is 22.7 Å². The minimum atomic E-state index is -4.74. The van der Waals surface area contributed by atoms with Gasteiger partial charge in [0.15, 0.2) is 0 Å². The molecule has 1 heterocycles. The van der Waals surface area contributed by atoms with Crippen molar-refractivity contribution in [1.29, 1.82) is 0 Å². The maximum atomic E-state index is 12.6. The van der Waals surface area contributed by atoms with E-state index in [0.29, 0.717) is 22.3 Å².